The van der Waals surface area contributed by atoms with Crippen LogP contribution in [0.1, 0.15) is 73.1 Å². The lowest BCUT2D eigenvalue weighted by Gasteiger charge is -2.41. The first-order chi connectivity index (χ1) is 10.9. The van der Waals surface area contributed by atoms with Gasteiger partial charge in [0.2, 0.25) is 0 Å². The van der Waals surface area contributed by atoms with E-state index in [0.29, 0.717) is 25.7 Å². The Morgan fingerprint density at radius 2 is 1.83 bits per heavy atom. The summed E-state index contributed by atoms with van der Waals surface area (Å²) in [4.78, 5) is 0. The van der Waals surface area contributed by atoms with Crippen LogP contribution in [0.15, 0.2) is 23.8 Å². The summed E-state index contributed by atoms with van der Waals surface area (Å²) < 4.78 is 6.34. The molecule has 2 rings (SSSR count). The van der Waals surface area contributed by atoms with Gasteiger partial charge in [0.1, 0.15) is 5.60 Å². The molecule has 4 nitrogen and oxygen atoms in total. The number of aliphatic hydroxyl groups excluding tert-OH is 1. The van der Waals surface area contributed by atoms with E-state index >= 15 is 0 Å². The van der Waals surface area contributed by atoms with Gasteiger partial charge in [-0.25, -0.2) is 0 Å². The summed E-state index contributed by atoms with van der Waals surface area (Å²) in [5.74, 6) is 0. The molecule has 2 aliphatic rings. The summed E-state index contributed by atoms with van der Waals surface area (Å²) in [6.45, 7) is 9.24. The molecule has 0 aromatic rings. The average molecular weight is 338 g/mol. The van der Waals surface area contributed by atoms with Crippen molar-refractivity contribution in [2.24, 2.45) is 0 Å². The predicted molar refractivity (Wildman–Crippen MR) is 95.7 cm³/mol. The third-order valence-corrected chi connectivity index (χ3v) is 5.82. The van der Waals surface area contributed by atoms with Crippen molar-refractivity contribution in [3.8, 4) is 0 Å². The monoisotopic (exact) mass is 338 g/mol. The molecule has 0 aromatic heterocycles. The Hall–Kier alpha value is -0.680. The summed E-state index contributed by atoms with van der Waals surface area (Å²) in [5.41, 5.74) is -2.42. The molecule has 0 aromatic carbocycles. The zero-order valence-electron chi connectivity index (χ0n) is 15.8. The topological polar surface area (TPSA) is 69.9 Å². The highest BCUT2D eigenvalue weighted by molar-refractivity contribution is 5.19. The number of allylic oxidation sites excluding steroid dienone is 2. The normalized spacial score (nSPS) is 45.5. The van der Waals surface area contributed by atoms with E-state index in [1.165, 1.54) is 5.57 Å². The number of hydrogen-bond donors (Lipinski definition) is 3. The maximum Gasteiger partial charge on any atom is 0.115 e. The van der Waals surface area contributed by atoms with E-state index in [1.807, 2.05) is 13.0 Å². The lowest BCUT2D eigenvalue weighted by atomic mass is 9.81. The predicted octanol–water partition coefficient (Wildman–Crippen LogP) is 3.25. The molecule has 0 saturated carbocycles. The van der Waals surface area contributed by atoms with Crippen molar-refractivity contribution in [2.45, 2.75) is 102 Å². The number of fused-ring (bicyclic) bond motifs is 2. The number of ether oxygens (including phenoxy) is 1. The summed E-state index contributed by atoms with van der Waals surface area (Å²) in [5, 5.41) is 32.1. The largest absolute Gasteiger partial charge is 0.390 e. The van der Waals surface area contributed by atoms with Crippen LogP contribution in [0, 0.1) is 0 Å². The molecule has 0 aliphatic carbocycles. The molecule has 24 heavy (non-hydrogen) atoms. The molecule has 2 bridgehead atoms. The molecule has 2 heterocycles. The summed E-state index contributed by atoms with van der Waals surface area (Å²) in [6.07, 6.45) is 9.27. The van der Waals surface area contributed by atoms with Gasteiger partial charge in [0.25, 0.3) is 0 Å². The van der Waals surface area contributed by atoms with Crippen LogP contribution in [-0.2, 0) is 4.74 Å². The van der Waals surface area contributed by atoms with Gasteiger partial charge in [-0.05, 0) is 73.1 Å². The molecule has 138 valence electrons. The maximum absolute atomic E-state index is 10.7. The van der Waals surface area contributed by atoms with Crippen LogP contribution >= 0.6 is 0 Å². The fourth-order valence-electron chi connectivity index (χ4n) is 3.72. The maximum atomic E-state index is 10.7. The van der Waals surface area contributed by atoms with E-state index in [4.69, 9.17) is 4.74 Å². The fourth-order valence-corrected chi connectivity index (χ4v) is 3.72. The molecule has 0 unspecified atom stereocenters. The van der Waals surface area contributed by atoms with Gasteiger partial charge in [-0.2, -0.15) is 0 Å². The number of rotatable bonds is 1. The van der Waals surface area contributed by atoms with Crippen molar-refractivity contribution >= 4 is 0 Å². The fraction of sp³-hybridized carbons (Fsp3) is 0.800. The smallest absolute Gasteiger partial charge is 0.115 e. The van der Waals surface area contributed by atoms with Gasteiger partial charge >= 0.3 is 0 Å². The van der Waals surface area contributed by atoms with E-state index in [1.54, 1.807) is 26.8 Å². The second-order valence-corrected chi connectivity index (χ2v) is 8.70. The van der Waals surface area contributed by atoms with Crippen molar-refractivity contribution in [1.29, 1.82) is 0 Å². The molecule has 2 aliphatic heterocycles. The van der Waals surface area contributed by atoms with Crippen molar-refractivity contribution in [3.05, 3.63) is 23.8 Å². The Morgan fingerprint density at radius 1 is 1.17 bits per heavy atom. The first-order valence-corrected chi connectivity index (χ1v) is 9.08. The van der Waals surface area contributed by atoms with E-state index in [9.17, 15) is 15.3 Å². The molecule has 4 heteroatoms. The second-order valence-electron chi connectivity index (χ2n) is 8.70. The summed E-state index contributed by atoms with van der Waals surface area (Å²) in [7, 11) is 0. The SMILES string of the molecule is C/C1=C\CC[C@@](C)(O)/C=C/[C@]2(C(C)(C)O)CC[C@@](C)(O2)[C@H](O)CC1. The Kier molecular flexibility index (Phi) is 5.37. The van der Waals surface area contributed by atoms with Gasteiger partial charge in [0.15, 0.2) is 0 Å². The molecule has 3 N–H and O–H groups in total. The van der Waals surface area contributed by atoms with Crippen molar-refractivity contribution in [2.75, 3.05) is 0 Å². The first-order valence-electron chi connectivity index (χ1n) is 9.08. The molecule has 0 radical (unpaired) electrons. The Morgan fingerprint density at radius 3 is 2.46 bits per heavy atom. The van der Waals surface area contributed by atoms with E-state index < -0.39 is 28.5 Å². The van der Waals surface area contributed by atoms with Crippen LogP contribution in [-0.4, -0.2) is 43.8 Å². The number of aliphatic hydroxyl groups is 3. The van der Waals surface area contributed by atoms with Crippen molar-refractivity contribution in [3.63, 3.8) is 0 Å². The zero-order chi connectivity index (χ0) is 18.2. The third kappa shape index (κ3) is 4.10. The zero-order valence-corrected chi connectivity index (χ0v) is 15.8. The molecule has 1 saturated heterocycles. The lowest BCUT2D eigenvalue weighted by molar-refractivity contribution is -0.189. The van der Waals surface area contributed by atoms with Crippen molar-refractivity contribution in [1.82, 2.24) is 0 Å². The minimum atomic E-state index is -1.11. The summed E-state index contributed by atoms with van der Waals surface area (Å²) in [6, 6.07) is 0. The molecule has 0 spiro atoms. The second kappa shape index (κ2) is 6.56. The molecule has 4 atom stereocenters. The highest BCUT2D eigenvalue weighted by Gasteiger charge is 2.55. The quantitative estimate of drug-likeness (QED) is 0.642. The van der Waals surface area contributed by atoms with Crippen LogP contribution < -0.4 is 0 Å². The van der Waals surface area contributed by atoms with Crippen LogP contribution in [0.25, 0.3) is 0 Å². The van der Waals surface area contributed by atoms with Gasteiger partial charge < -0.3 is 20.1 Å². The van der Waals surface area contributed by atoms with Crippen molar-refractivity contribution < 1.29 is 20.1 Å². The summed E-state index contributed by atoms with van der Waals surface area (Å²) >= 11 is 0. The average Bonchev–Trinajstić information content (AvgIpc) is 2.82. The standard InChI is InChI=1S/C20H34O4/c1-15-7-6-10-18(4,23)11-13-20(17(2,3)22)14-12-19(5,24-20)16(21)9-8-15/h7,11,13,16,21-23H,6,8-10,12,14H2,1-5H3/b13-11+,15-7+/t16-,18-,19-,20-/m1/s1. The van der Waals surface area contributed by atoms with Gasteiger partial charge in [-0.15, -0.1) is 0 Å². The Balaban J connectivity index is 2.41. The molecule has 0 amide bonds. The Labute approximate surface area is 146 Å². The first kappa shape index (κ1) is 19.6. The van der Waals surface area contributed by atoms with Gasteiger partial charge in [0.05, 0.1) is 22.9 Å². The molecular formula is C20H34O4. The van der Waals surface area contributed by atoms with E-state index in [2.05, 4.69) is 13.0 Å². The minimum Gasteiger partial charge on any atom is -0.390 e. The van der Waals surface area contributed by atoms with Crippen LogP contribution in [0.3, 0.4) is 0 Å². The van der Waals surface area contributed by atoms with Crippen LogP contribution in [0.5, 0.6) is 0 Å². The van der Waals surface area contributed by atoms with Crippen LogP contribution in [0.4, 0.5) is 0 Å². The highest BCUT2D eigenvalue weighted by atomic mass is 16.6. The number of hydrogen-bond acceptors (Lipinski definition) is 4. The van der Waals surface area contributed by atoms with Gasteiger partial charge in [0, 0.05) is 0 Å². The van der Waals surface area contributed by atoms with Gasteiger partial charge in [-0.1, -0.05) is 23.8 Å². The minimum absolute atomic E-state index is 0.584. The third-order valence-electron chi connectivity index (χ3n) is 5.82. The van der Waals surface area contributed by atoms with E-state index in [-0.39, 0.29) is 0 Å². The highest BCUT2D eigenvalue weighted by Crippen LogP contribution is 2.47. The molecular weight excluding hydrogens is 304 g/mol. The van der Waals surface area contributed by atoms with Crippen LogP contribution in [0.2, 0.25) is 0 Å². The Bertz CT molecular complexity index is 514. The lowest BCUT2D eigenvalue weighted by Crippen LogP contribution is -2.52. The molecule has 1 fully saturated rings. The van der Waals surface area contributed by atoms with E-state index in [0.717, 1.165) is 12.8 Å². The van der Waals surface area contributed by atoms with Gasteiger partial charge in [-0.3, -0.25) is 0 Å².